The molecular weight excluding hydrogens is 417 g/mol. The van der Waals surface area contributed by atoms with Gasteiger partial charge in [0.05, 0.1) is 18.1 Å². The molecule has 3 rings (SSSR count). The maximum atomic E-state index is 13.1. The Morgan fingerprint density at radius 1 is 1.36 bits per heavy atom. The van der Waals surface area contributed by atoms with Crippen LogP contribution in [-0.4, -0.2) is 57.2 Å². The lowest BCUT2D eigenvalue weighted by Gasteiger charge is -2.38. The first-order valence-electron chi connectivity index (χ1n) is 9.90. The van der Waals surface area contributed by atoms with Gasteiger partial charge in [0.15, 0.2) is 0 Å². The number of likely N-dealkylation sites (tertiary alicyclic amines) is 1. The summed E-state index contributed by atoms with van der Waals surface area (Å²) in [6, 6.07) is 4.60. The molecule has 2 saturated heterocycles. The van der Waals surface area contributed by atoms with Gasteiger partial charge in [-0.05, 0) is 69.2 Å². The van der Waals surface area contributed by atoms with E-state index < -0.39 is 0 Å². The molecule has 0 saturated carbocycles. The summed E-state index contributed by atoms with van der Waals surface area (Å²) in [5, 5.41) is 8.78. The standard InChI is InChI=1S/C20H33N3O2S.2ClH/c1-16-5-11-23(12-6-16)17(18-4-3-13-26-18)14-22-19(24)20(15-25-2)7-9-21-10-8-20;;/h3-4,13,16-17,21H,5-12,14-15H2,1-2H3,(H,22,24);2*1H. The zero-order valence-electron chi connectivity index (χ0n) is 16.9. The predicted octanol–water partition coefficient (Wildman–Crippen LogP) is 3.50. The Labute approximate surface area is 185 Å². The highest BCUT2D eigenvalue weighted by Crippen LogP contribution is 2.32. The molecule has 28 heavy (non-hydrogen) atoms. The van der Waals surface area contributed by atoms with Gasteiger partial charge in [0, 0.05) is 18.5 Å². The van der Waals surface area contributed by atoms with E-state index in [9.17, 15) is 4.79 Å². The number of thiophene rings is 1. The molecule has 0 aliphatic carbocycles. The zero-order chi connectivity index (χ0) is 18.4. The quantitative estimate of drug-likeness (QED) is 0.665. The lowest BCUT2D eigenvalue weighted by Crippen LogP contribution is -2.51. The first-order valence-corrected chi connectivity index (χ1v) is 10.8. The molecule has 2 fully saturated rings. The molecule has 162 valence electrons. The number of carbonyl (C=O) groups excluding carboxylic acids is 1. The van der Waals surface area contributed by atoms with Gasteiger partial charge in [-0.25, -0.2) is 0 Å². The largest absolute Gasteiger partial charge is 0.384 e. The number of amides is 1. The highest BCUT2D eigenvalue weighted by atomic mass is 35.5. The number of nitrogens with one attached hydrogen (secondary N) is 2. The number of hydrogen-bond donors (Lipinski definition) is 2. The van der Waals surface area contributed by atoms with Crippen molar-refractivity contribution in [2.75, 3.05) is 46.4 Å². The number of halogens is 2. The summed E-state index contributed by atoms with van der Waals surface area (Å²) in [6.07, 6.45) is 4.18. The maximum Gasteiger partial charge on any atom is 0.228 e. The van der Waals surface area contributed by atoms with Crippen LogP contribution in [0.1, 0.15) is 43.5 Å². The second-order valence-corrected chi connectivity index (χ2v) is 8.90. The fourth-order valence-corrected chi connectivity index (χ4v) is 5.09. The van der Waals surface area contributed by atoms with Gasteiger partial charge in [0.2, 0.25) is 5.91 Å². The lowest BCUT2D eigenvalue weighted by molar-refractivity contribution is -0.136. The van der Waals surface area contributed by atoms with Crippen LogP contribution >= 0.6 is 36.2 Å². The van der Waals surface area contributed by atoms with E-state index in [4.69, 9.17) is 4.74 Å². The SMILES string of the molecule is COCC1(C(=O)NCC(c2cccs2)N2CCC(C)CC2)CCNCC1.Cl.Cl. The van der Waals surface area contributed by atoms with Gasteiger partial charge >= 0.3 is 0 Å². The smallest absolute Gasteiger partial charge is 0.228 e. The van der Waals surface area contributed by atoms with Gasteiger partial charge in [0.25, 0.3) is 0 Å². The molecule has 1 unspecified atom stereocenters. The van der Waals surface area contributed by atoms with Crippen LogP contribution in [0.2, 0.25) is 0 Å². The summed E-state index contributed by atoms with van der Waals surface area (Å²) < 4.78 is 5.42. The van der Waals surface area contributed by atoms with Crippen LogP contribution in [0, 0.1) is 11.3 Å². The first kappa shape index (κ1) is 25.7. The normalized spacial score (nSPS) is 21.2. The Hall–Kier alpha value is -0.370. The van der Waals surface area contributed by atoms with Gasteiger partial charge in [-0.15, -0.1) is 36.2 Å². The average Bonchev–Trinajstić information content (AvgIpc) is 3.18. The van der Waals surface area contributed by atoms with Crippen LogP contribution in [0.4, 0.5) is 0 Å². The molecule has 5 nitrogen and oxygen atoms in total. The van der Waals surface area contributed by atoms with Crippen molar-refractivity contribution < 1.29 is 9.53 Å². The number of nitrogens with zero attached hydrogens (tertiary/aromatic N) is 1. The molecule has 1 aromatic heterocycles. The molecule has 0 bridgehead atoms. The van der Waals surface area contributed by atoms with Crippen molar-refractivity contribution >= 4 is 42.1 Å². The number of carbonyl (C=O) groups is 1. The second-order valence-electron chi connectivity index (χ2n) is 7.92. The van der Waals surface area contributed by atoms with E-state index in [2.05, 4.69) is 40.0 Å². The molecule has 0 aromatic carbocycles. The van der Waals surface area contributed by atoms with Crippen molar-refractivity contribution in [1.82, 2.24) is 15.5 Å². The number of hydrogen-bond acceptors (Lipinski definition) is 5. The van der Waals surface area contributed by atoms with E-state index >= 15 is 0 Å². The average molecular weight is 452 g/mol. The minimum Gasteiger partial charge on any atom is -0.384 e. The summed E-state index contributed by atoms with van der Waals surface area (Å²) in [5.74, 6) is 0.970. The fourth-order valence-electron chi connectivity index (χ4n) is 4.23. The van der Waals surface area contributed by atoms with Crippen molar-refractivity contribution in [2.45, 2.75) is 38.6 Å². The molecule has 0 spiro atoms. The van der Waals surface area contributed by atoms with E-state index in [0.29, 0.717) is 13.2 Å². The van der Waals surface area contributed by atoms with E-state index in [1.165, 1.54) is 17.7 Å². The molecular formula is C20H35Cl2N3O2S. The molecule has 3 heterocycles. The third kappa shape index (κ3) is 6.31. The minimum absolute atomic E-state index is 0. The highest BCUT2D eigenvalue weighted by molar-refractivity contribution is 7.10. The van der Waals surface area contributed by atoms with E-state index in [1.807, 2.05) is 0 Å². The Morgan fingerprint density at radius 2 is 2.04 bits per heavy atom. The minimum atomic E-state index is -0.379. The molecule has 2 aliphatic heterocycles. The van der Waals surface area contributed by atoms with Crippen molar-refractivity contribution in [1.29, 1.82) is 0 Å². The topological polar surface area (TPSA) is 53.6 Å². The third-order valence-corrected chi connectivity index (χ3v) is 7.02. The van der Waals surface area contributed by atoms with Gasteiger partial charge < -0.3 is 15.4 Å². The number of methoxy groups -OCH3 is 1. The van der Waals surface area contributed by atoms with Crippen molar-refractivity contribution in [3.8, 4) is 0 Å². The monoisotopic (exact) mass is 451 g/mol. The summed E-state index contributed by atoms with van der Waals surface area (Å²) >= 11 is 1.79. The molecule has 0 radical (unpaired) electrons. The van der Waals surface area contributed by atoms with E-state index in [-0.39, 0.29) is 42.2 Å². The summed E-state index contributed by atoms with van der Waals surface area (Å²) in [7, 11) is 1.69. The van der Waals surface area contributed by atoms with Crippen LogP contribution in [-0.2, 0) is 9.53 Å². The van der Waals surface area contributed by atoms with E-state index in [0.717, 1.165) is 44.9 Å². The third-order valence-electron chi connectivity index (χ3n) is 6.05. The molecule has 1 aromatic rings. The predicted molar refractivity (Wildman–Crippen MR) is 121 cm³/mol. The Kier molecular flexibility index (Phi) is 11.3. The fraction of sp³-hybridized carbons (Fsp3) is 0.750. The zero-order valence-corrected chi connectivity index (χ0v) is 19.4. The Bertz CT molecular complexity index is 554. The van der Waals surface area contributed by atoms with Crippen LogP contribution in [0.15, 0.2) is 17.5 Å². The van der Waals surface area contributed by atoms with Gasteiger partial charge in [-0.3, -0.25) is 9.69 Å². The van der Waals surface area contributed by atoms with Crippen molar-refractivity contribution in [2.24, 2.45) is 11.3 Å². The second kappa shape index (κ2) is 12.4. The molecule has 1 amide bonds. The number of rotatable bonds is 7. The molecule has 2 aliphatic rings. The molecule has 1 atom stereocenters. The summed E-state index contributed by atoms with van der Waals surface area (Å²) in [5.41, 5.74) is -0.379. The van der Waals surface area contributed by atoms with Crippen LogP contribution in [0.25, 0.3) is 0 Å². The first-order chi connectivity index (χ1) is 12.6. The Morgan fingerprint density at radius 3 is 2.61 bits per heavy atom. The van der Waals surface area contributed by atoms with Gasteiger partial charge in [-0.2, -0.15) is 0 Å². The molecule has 8 heteroatoms. The van der Waals surface area contributed by atoms with Gasteiger partial charge in [0.1, 0.15) is 0 Å². The van der Waals surface area contributed by atoms with Crippen LogP contribution in [0.3, 0.4) is 0 Å². The highest BCUT2D eigenvalue weighted by Gasteiger charge is 2.40. The van der Waals surface area contributed by atoms with E-state index in [1.54, 1.807) is 18.4 Å². The Balaban J connectivity index is 0.00000196. The van der Waals surface area contributed by atoms with Crippen molar-refractivity contribution in [3.63, 3.8) is 0 Å². The van der Waals surface area contributed by atoms with Crippen LogP contribution < -0.4 is 10.6 Å². The van der Waals surface area contributed by atoms with Crippen molar-refractivity contribution in [3.05, 3.63) is 22.4 Å². The summed E-state index contributed by atoms with van der Waals surface area (Å²) in [6.45, 7) is 7.53. The lowest BCUT2D eigenvalue weighted by atomic mass is 9.78. The maximum absolute atomic E-state index is 13.1. The van der Waals surface area contributed by atoms with Gasteiger partial charge in [-0.1, -0.05) is 13.0 Å². The number of piperidine rings is 2. The molecule has 2 N–H and O–H groups in total. The van der Waals surface area contributed by atoms with Crippen LogP contribution in [0.5, 0.6) is 0 Å². The number of ether oxygens (including phenoxy) is 1. The summed E-state index contributed by atoms with van der Waals surface area (Å²) in [4.78, 5) is 17.0.